The van der Waals surface area contributed by atoms with Crippen molar-refractivity contribution in [3.8, 4) is 17.0 Å². The summed E-state index contributed by atoms with van der Waals surface area (Å²) in [7, 11) is -2.22. The van der Waals surface area contributed by atoms with Crippen molar-refractivity contribution >= 4 is 38.6 Å². The number of carbonyl (C=O) groups is 2. The number of methoxy groups -OCH3 is 1. The topological polar surface area (TPSA) is 94.9 Å². The van der Waals surface area contributed by atoms with E-state index in [4.69, 9.17) is 9.47 Å². The van der Waals surface area contributed by atoms with E-state index < -0.39 is 27.6 Å². The molecule has 33 heavy (non-hydrogen) atoms. The Morgan fingerprint density at radius 3 is 2.18 bits per heavy atom. The van der Waals surface area contributed by atoms with Gasteiger partial charge in [0.15, 0.2) is 0 Å². The van der Waals surface area contributed by atoms with Crippen LogP contribution in [0.25, 0.3) is 22.2 Å². The van der Waals surface area contributed by atoms with Gasteiger partial charge in [-0.1, -0.05) is 12.1 Å². The summed E-state index contributed by atoms with van der Waals surface area (Å²) in [5, 5.41) is 0.805. The van der Waals surface area contributed by atoms with E-state index in [2.05, 4.69) is 0 Å². The third-order valence-corrected chi connectivity index (χ3v) is 6.67. The van der Waals surface area contributed by atoms with E-state index in [1.54, 1.807) is 64.3 Å². The number of hydrogen-bond donors (Lipinski definition) is 0. The molecule has 0 aliphatic rings. The van der Waals surface area contributed by atoms with Crippen LogP contribution in [0.15, 0.2) is 48.5 Å². The maximum atomic E-state index is 13.1. The van der Waals surface area contributed by atoms with Crippen molar-refractivity contribution < 1.29 is 27.5 Å². The Morgan fingerprint density at radius 1 is 1.03 bits per heavy atom. The van der Waals surface area contributed by atoms with Gasteiger partial charge < -0.3 is 9.47 Å². The van der Waals surface area contributed by atoms with E-state index in [-0.39, 0.29) is 11.4 Å². The van der Waals surface area contributed by atoms with E-state index in [0.29, 0.717) is 22.5 Å². The number of nitrogens with zero attached hydrogens (tertiary/aromatic N) is 2. The minimum atomic E-state index is -3.77. The summed E-state index contributed by atoms with van der Waals surface area (Å²) in [6.45, 7) is 8.05. The molecule has 0 N–H and O–H groups in total. The van der Waals surface area contributed by atoms with Crippen LogP contribution in [0, 0.1) is 0 Å². The lowest BCUT2D eigenvalue weighted by molar-refractivity contribution is -0.115. The summed E-state index contributed by atoms with van der Waals surface area (Å²) >= 11 is 0. The van der Waals surface area contributed by atoms with E-state index >= 15 is 0 Å². The molecule has 3 aromatic rings. The fourth-order valence-electron chi connectivity index (χ4n) is 3.46. The van der Waals surface area contributed by atoms with Gasteiger partial charge in [0.1, 0.15) is 11.4 Å². The van der Waals surface area contributed by atoms with E-state index in [9.17, 15) is 18.0 Å². The van der Waals surface area contributed by atoms with Gasteiger partial charge in [0.25, 0.3) is 0 Å². The first-order chi connectivity index (χ1) is 15.4. The summed E-state index contributed by atoms with van der Waals surface area (Å²) in [6, 6.07) is 13.7. The van der Waals surface area contributed by atoms with Crippen LogP contribution in [-0.4, -0.2) is 43.4 Å². The first kappa shape index (κ1) is 24.3. The number of fused-ring (bicyclic) bond motifs is 1. The first-order valence-electron chi connectivity index (χ1n) is 10.4. The second kappa shape index (κ2) is 8.90. The van der Waals surface area contributed by atoms with Crippen LogP contribution in [0.5, 0.6) is 5.75 Å². The van der Waals surface area contributed by atoms with Crippen molar-refractivity contribution in [2.75, 3.05) is 17.2 Å². The standard InChI is InChI=1S/C24H28N2O6S/c1-7-33(29,30)26(16(2)27)19-11-8-17(9-12-19)21-14-18-10-13-20(31-6)15-22(18)25(21)23(28)32-24(3,4)5/h8-15H,7H2,1-6H3. The molecule has 0 saturated carbocycles. The maximum Gasteiger partial charge on any atom is 0.419 e. The molecule has 0 bridgehead atoms. The molecular formula is C24H28N2O6S. The van der Waals surface area contributed by atoms with Crippen LogP contribution >= 0.6 is 0 Å². The van der Waals surface area contributed by atoms with Crippen LogP contribution in [0.3, 0.4) is 0 Å². The van der Waals surface area contributed by atoms with Gasteiger partial charge in [-0.05, 0) is 63.6 Å². The predicted octanol–water partition coefficient (Wildman–Crippen LogP) is 4.80. The average Bonchev–Trinajstić information content (AvgIpc) is 3.11. The van der Waals surface area contributed by atoms with Crippen molar-refractivity contribution in [1.82, 2.24) is 4.57 Å². The highest BCUT2D eigenvalue weighted by Crippen LogP contribution is 2.33. The van der Waals surface area contributed by atoms with Gasteiger partial charge >= 0.3 is 6.09 Å². The molecule has 0 fully saturated rings. The van der Waals surface area contributed by atoms with Gasteiger partial charge in [0.2, 0.25) is 15.9 Å². The number of aromatic nitrogens is 1. The fraction of sp³-hybridized carbons (Fsp3) is 0.333. The van der Waals surface area contributed by atoms with Crippen molar-refractivity contribution in [1.29, 1.82) is 0 Å². The molecule has 0 aliphatic heterocycles. The highest BCUT2D eigenvalue weighted by atomic mass is 32.2. The van der Waals surface area contributed by atoms with Gasteiger partial charge in [0, 0.05) is 18.4 Å². The molecule has 3 rings (SSSR count). The largest absolute Gasteiger partial charge is 0.497 e. The Morgan fingerprint density at radius 2 is 1.67 bits per heavy atom. The van der Waals surface area contributed by atoms with Crippen molar-refractivity contribution in [2.24, 2.45) is 0 Å². The number of sulfonamides is 1. The number of anilines is 1. The molecular weight excluding hydrogens is 444 g/mol. The monoisotopic (exact) mass is 472 g/mol. The average molecular weight is 473 g/mol. The minimum absolute atomic E-state index is 0.205. The van der Waals surface area contributed by atoms with Gasteiger partial charge in [-0.2, -0.15) is 0 Å². The lowest BCUT2D eigenvalue weighted by Crippen LogP contribution is -2.36. The highest BCUT2D eigenvalue weighted by molar-refractivity contribution is 7.93. The molecule has 1 aromatic heterocycles. The van der Waals surface area contributed by atoms with Crippen molar-refractivity contribution in [3.63, 3.8) is 0 Å². The molecule has 0 radical (unpaired) electrons. The number of rotatable bonds is 5. The van der Waals surface area contributed by atoms with Crippen molar-refractivity contribution in [3.05, 3.63) is 48.5 Å². The third-order valence-electron chi connectivity index (χ3n) is 4.91. The van der Waals surface area contributed by atoms with Crippen LogP contribution in [0.1, 0.15) is 34.6 Å². The molecule has 1 heterocycles. The Balaban J connectivity index is 2.16. The van der Waals surface area contributed by atoms with Crippen LogP contribution in [0.2, 0.25) is 0 Å². The van der Waals surface area contributed by atoms with Crippen molar-refractivity contribution in [2.45, 2.75) is 40.2 Å². The Bertz CT molecular complexity index is 1300. The SMILES string of the molecule is CCS(=O)(=O)N(C(C)=O)c1ccc(-c2cc3ccc(OC)cc3n2C(=O)OC(C)(C)C)cc1. The summed E-state index contributed by atoms with van der Waals surface area (Å²) in [6.07, 6.45) is -0.552. The van der Waals surface area contributed by atoms with Crippen LogP contribution in [0.4, 0.5) is 10.5 Å². The second-order valence-electron chi connectivity index (χ2n) is 8.50. The number of carbonyl (C=O) groups excluding carboxylic acids is 2. The maximum absolute atomic E-state index is 13.1. The van der Waals surface area contributed by atoms with E-state index in [1.807, 2.05) is 12.1 Å². The lowest BCUT2D eigenvalue weighted by atomic mass is 10.1. The normalized spacial score (nSPS) is 11.9. The molecule has 0 atom stereocenters. The third kappa shape index (κ3) is 5.03. The van der Waals surface area contributed by atoms with Gasteiger partial charge in [-0.3, -0.25) is 4.79 Å². The Hall–Kier alpha value is -3.33. The molecule has 0 spiro atoms. The van der Waals surface area contributed by atoms with Gasteiger partial charge in [-0.25, -0.2) is 22.1 Å². The Kier molecular flexibility index (Phi) is 6.56. The summed E-state index contributed by atoms with van der Waals surface area (Å²) in [4.78, 5) is 25.2. The zero-order valence-electron chi connectivity index (χ0n) is 19.6. The van der Waals surface area contributed by atoms with Gasteiger partial charge in [-0.15, -0.1) is 0 Å². The highest BCUT2D eigenvalue weighted by Gasteiger charge is 2.26. The zero-order valence-corrected chi connectivity index (χ0v) is 20.4. The summed E-state index contributed by atoms with van der Waals surface area (Å²) < 4.78 is 38.0. The fourth-order valence-corrected chi connectivity index (χ4v) is 4.55. The molecule has 2 aromatic carbocycles. The predicted molar refractivity (Wildman–Crippen MR) is 128 cm³/mol. The number of ether oxygens (including phenoxy) is 2. The second-order valence-corrected chi connectivity index (χ2v) is 10.6. The smallest absolute Gasteiger partial charge is 0.419 e. The Labute approximate surface area is 193 Å². The molecule has 1 amide bonds. The molecule has 0 unspecified atom stereocenters. The molecule has 176 valence electrons. The van der Waals surface area contributed by atoms with Gasteiger partial charge in [0.05, 0.1) is 29.8 Å². The zero-order chi connectivity index (χ0) is 24.6. The van der Waals surface area contributed by atoms with E-state index in [1.165, 1.54) is 18.4 Å². The molecule has 0 aliphatic carbocycles. The number of amides is 1. The molecule has 9 heteroatoms. The summed E-state index contributed by atoms with van der Waals surface area (Å²) in [5.74, 6) is -0.211. The molecule has 8 nitrogen and oxygen atoms in total. The quantitative estimate of drug-likeness (QED) is 0.529. The lowest BCUT2D eigenvalue weighted by Gasteiger charge is -2.22. The summed E-state index contributed by atoms with van der Waals surface area (Å²) in [5.41, 5.74) is 1.35. The number of benzene rings is 2. The van der Waals surface area contributed by atoms with Crippen LogP contribution < -0.4 is 9.04 Å². The number of hydrogen-bond acceptors (Lipinski definition) is 6. The first-order valence-corrected chi connectivity index (χ1v) is 12.1. The minimum Gasteiger partial charge on any atom is -0.497 e. The molecule has 0 saturated heterocycles. The van der Waals surface area contributed by atoms with Crippen LogP contribution in [-0.2, 0) is 19.6 Å². The van der Waals surface area contributed by atoms with E-state index in [0.717, 1.165) is 9.69 Å².